The lowest BCUT2D eigenvalue weighted by atomic mass is 10.00. The molecule has 0 spiro atoms. The summed E-state index contributed by atoms with van der Waals surface area (Å²) in [5, 5.41) is 9.05. The molecule has 0 unspecified atom stereocenters. The van der Waals surface area contributed by atoms with Gasteiger partial charge >= 0.3 is 0 Å². The van der Waals surface area contributed by atoms with Gasteiger partial charge in [0.1, 0.15) is 0 Å². The van der Waals surface area contributed by atoms with Crippen molar-refractivity contribution < 1.29 is 5.11 Å². The van der Waals surface area contributed by atoms with Gasteiger partial charge in [0.15, 0.2) is 0 Å². The Balaban J connectivity index is 2.01. The Labute approximate surface area is 66.3 Å². The molecular weight excluding hydrogens is 138 g/mol. The second-order valence-electron chi connectivity index (χ2n) is 3.55. The first-order valence-corrected chi connectivity index (χ1v) is 4.07. The van der Waals surface area contributed by atoms with Crippen LogP contribution in [0.3, 0.4) is 0 Å². The Morgan fingerprint density at radius 2 is 2.36 bits per heavy atom. The van der Waals surface area contributed by atoms with E-state index in [2.05, 4.69) is 11.1 Å². The van der Waals surface area contributed by atoms with Crippen molar-refractivity contribution in [2.45, 2.75) is 19.3 Å². The molecular formula is C9H13NO. The van der Waals surface area contributed by atoms with Gasteiger partial charge < -0.3 is 10.1 Å². The lowest BCUT2D eigenvalue weighted by Crippen LogP contribution is -2.09. The number of aromatic amines is 1. The fourth-order valence-electron chi connectivity index (χ4n) is 1.47. The molecule has 1 aromatic rings. The summed E-state index contributed by atoms with van der Waals surface area (Å²) >= 11 is 0. The first-order valence-electron chi connectivity index (χ1n) is 4.07. The lowest BCUT2D eigenvalue weighted by molar-refractivity contribution is 0.211. The van der Waals surface area contributed by atoms with Crippen LogP contribution in [0.4, 0.5) is 0 Å². The van der Waals surface area contributed by atoms with E-state index in [1.807, 2.05) is 12.4 Å². The van der Waals surface area contributed by atoms with E-state index in [-0.39, 0.29) is 5.41 Å². The van der Waals surface area contributed by atoms with E-state index >= 15 is 0 Å². The van der Waals surface area contributed by atoms with Gasteiger partial charge in [-0.05, 0) is 36.3 Å². The molecule has 60 valence electrons. The van der Waals surface area contributed by atoms with Gasteiger partial charge in [0.2, 0.25) is 0 Å². The van der Waals surface area contributed by atoms with Gasteiger partial charge in [-0.1, -0.05) is 0 Å². The monoisotopic (exact) mass is 151 g/mol. The molecule has 0 radical (unpaired) electrons. The fraction of sp³-hybridized carbons (Fsp3) is 0.556. The van der Waals surface area contributed by atoms with Crippen molar-refractivity contribution in [3.63, 3.8) is 0 Å². The van der Waals surface area contributed by atoms with E-state index in [4.69, 9.17) is 5.11 Å². The van der Waals surface area contributed by atoms with Crippen molar-refractivity contribution in [1.29, 1.82) is 0 Å². The molecule has 1 aliphatic rings. The second kappa shape index (κ2) is 2.38. The van der Waals surface area contributed by atoms with Crippen LogP contribution in [-0.4, -0.2) is 16.7 Å². The molecule has 1 fully saturated rings. The van der Waals surface area contributed by atoms with Gasteiger partial charge in [0, 0.05) is 19.0 Å². The van der Waals surface area contributed by atoms with Crippen molar-refractivity contribution in [2.24, 2.45) is 5.41 Å². The fourth-order valence-corrected chi connectivity index (χ4v) is 1.47. The number of nitrogens with one attached hydrogen (secondary N) is 1. The molecule has 11 heavy (non-hydrogen) atoms. The summed E-state index contributed by atoms with van der Waals surface area (Å²) in [6, 6.07) is 2.08. The largest absolute Gasteiger partial charge is 0.396 e. The zero-order chi connectivity index (χ0) is 7.73. The molecule has 1 saturated carbocycles. The number of aromatic nitrogens is 1. The second-order valence-corrected chi connectivity index (χ2v) is 3.55. The summed E-state index contributed by atoms with van der Waals surface area (Å²) in [5.41, 5.74) is 1.57. The minimum Gasteiger partial charge on any atom is -0.396 e. The number of rotatable bonds is 3. The maximum absolute atomic E-state index is 9.05. The SMILES string of the molecule is OCC1(Cc2cc[nH]c2)CC1. The van der Waals surface area contributed by atoms with Gasteiger partial charge in [-0.3, -0.25) is 0 Å². The van der Waals surface area contributed by atoms with Crippen molar-refractivity contribution in [1.82, 2.24) is 4.98 Å². The molecule has 0 aliphatic heterocycles. The van der Waals surface area contributed by atoms with Crippen molar-refractivity contribution >= 4 is 0 Å². The van der Waals surface area contributed by atoms with Crippen LogP contribution < -0.4 is 0 Å². The summed E-state index contributed by atoms with van der Waals surface area (Å²) < 4.78 is 0. The average Bonchev–Trinajstić information content (AvgIpc) is 2.59. The van der Waals surface area contributed by atoms with Crippen molar-refractivity contribution in [3.8, 4) is 0 Å². The molecule has 2 heteroatoms. The molecule has 0 aromatic carbocycles. The number of hydrogen-bond acceptors (Lipinski definition) is 1. The summed E-state index contributed by atoms with van der Waals surface area (Å²) in [6.07, 6.45) is 7.36. The molecule has 1 aromatic heterocycles. The molecule has 2 N–H and O–H groups in total. The summed E-state index contributed by atoms with van der Waals surface area (Å²) in [5.74, 6) is 0. The minimum absolute atomic E-state index is 0.252. The summed E-state index contributed by atoms with van der Waals surface area (Å²) in [7, 11) is 0. The van der Waals surface area contributed by atoms with Crippen LogP contribution in [-0.2, 0) is 6.42 Å². The van der Waals surface area contributed by atoms with E-state index in [9.17, 15) is 0 Å². The molecule has 0 atom stereocenters. The van der Waals surface area contributed by atoms with Gasteiger partial charge in [0.25, 0.3) is 0 Å². The van der Waals surface area contributed by atoms with E-state index in [1.165, 1.54) is 18.4 Å². The van der Waals surface area contributed by atoms with Crippen LogP contribution in [0, 0.1) is 5.41 Å². The zero-order valence-corrected chi connectivity index (χ0v) is 6.51. The molecule has 2 nitrogen and oxygen atoms in total. The normalized spacial score (nSPS) is 20.1. The van der Waals surface area contributed by atoms with Crippen LogP contribution in [0.25, 0.3) is 0 Å². The predicted molar refractivity (Wildman–Crippen MR) is 43.2 cm³/mol. The molecule has 0 bridgehead atoms. The Kier molecular flexibility index (Phi) is 1.50. The number of hydrogen-bond donors (Lipinski definition) is 2. The Morgan fingerprint density at radius 3 is 2.82 bits per heavy atom. The molecule has 1 aliphatic carbocycles. The minimum atomic E-state index is 0.252. The van der Waals surface area contributed by atoms with Crippen LogP contribution >= 0.6 is 0 Å². The third kappa shape index (κ3) is 1.31. The smallest absolute Gasteiger partial charge is 0.0490 e. The van der Waals surface area contributed by atoms with E-state index in [0.29, 0.717) is 6.61 Å². The highest BCUT2D eigenvalue weighted by atomic mass is 16.3. The van der Waals surface area contributed by atoms with Crippen molar-refractivity contribution in [3.05, 3.63) is 24.0 Å². The van der Waals surface area contributed by atoms with Crippen LogP contribution in [0.2, 0.25) is 0 Å². The Bertz CT molecular complexity index is 224. The standard InChI is InChI=1S/C9H13NO/c11-7-9(2-3-9)5-8-1-4-10-6-8/h1,4,6,10-11H,2-3,5,7H2. The van der Waals surface area contributed by atoms with Crippen LogP contribution in [0.5, 0.6) is 0 Å². The quantitative estimate of drug-likeness (QED) is 0.671. The summed E-state index contributed by atoms with van der Waals surface area (Å²) in [6.45, 7) is 0.345. The molecule has 0 amide bonds. The maximum atomic E-state index is 9.05. The predicted octanol–water partition coefficient (Wildman–Crippen LogP) is 1.33. The lowest BCUT2D eigenvalue weighted by Gasteiger charge is -2.08. The third-order valence-electron chi connectivity index (χ3n) is 2.53. The van der Waals surface area contributed by atoms with E-state index in [1.54, 1.807) is 0 Å². The van der Waals surface area contributed by atoms with E-state index < -0.39 is 0 Å². The van der Waals surface area contributed by atoms with Crippen LogP contribution in [0.1, 0.15) is 18.4 Å². The highest BCUT2D eigenvalue weighted by Gasteiger charge is 2.41. The Hall–Kier alpha value is -0.760. The van der Waals surface area contributed by atoms with Gasteiger partial charge in [0.05, 0.1) is 0 Å². The maximum Gasteiger partial charge on any atom is 0.0490 e. The van der Waals surface area contributed by atoms with Crippen molar-refractivity contribution in [2.75, 3.05) is 6.61 Å². The summed E-state index contributed by atoms with van der Waals surface area (Å²) in [4.78, 5) is 3.02. The molecule has 1 heterocycles. The highest BCUT2D eigenvalue weighted by Crippen LogP contribution is 2.47. The number of aliphatic hydroxyl groups is 1. The van der Waals surface area contributed by atoms with Gasteiger partial charge in [-0.2, -0.15) is 0 Å². The number of aliphatic hydroxyl groups excluding tert-OH is 1. The van der Waals surface area contributed by atoms with Crippen LogP contribution in [0.15, 0.2) is 18.5 Å². The zero-order valence-electron chi connectivity index (χ0n) is 6.51. The highest BCUT2D eigenvalue weighted by molar-refractivity contribution is 5.14. The van der Waals surface area contributed by atoms with Gasteiger partial charge in [-0.15, -0.1) is 0 Å². The third-order valence-corrected chi connectivity index (χ3v) is 2.53. The topological polar surface area (TPSA) is 36.0 Å². The molecule has 2 rings (SSSR count). The first-order chi connectivity index (χ1) is 5.35. The molecule has 0 saturated heterocycles. The Morgan fingerprint density at radius 1 is 1.55 bits per heavy atom. The van der Waals surface area contributed by atoms with Gasteiger partial charge in [-0.25, -0.2) is 0 Å². The number of H-pyrrole nitrogens is 1. The van der Waals surface area contributed by atoms with E-state index in [0.717, 1.165) is 6.42 Å². The average molecular weight is 151 g/mol. The first kappa shape index (κ1) is 6.92.